The highest BCUT2D eigenvalue weighted by molar-refractivity contribution is 5.66. The first-order valence-corrected chi connectivity index (χ1v) is 8.16. The van der Waals surface area contributed by atoms with E-state index in [1.807, 2.05) is 48.5 Å². The Balaban J connectivity index is 2.14. The van der Waals surface area contributed by atoms with Crippen molar-refractivity contribution in [3.05, 3.63) is 83.3 Å². The maximum atomic E-state index is 11.5. The molecule has 1 N–H and O–H groups in total. The number of benzene rings is 2. The first kappa shape index (κ1) is 17.6. The zero-order valence-corrected chi connectivity index (χ0v) is 14.6. The van der Waals surface area contributed by atoms with Gasteiger partial charge in [0, 0.05) is 17.6 Å². The molecule has 2 aromatic carbocycles. The highest BCUT2D eigenvalue weighted by Gasteiger charge is 2.31. The first-order chi connectivity index (χ1) is 12.7. The van der Waals surface area contributed by atoms with Crippen LogP contribution in [-0.4, -0.2) is 31.7 Å². The van der Waals surface area contributed by atoms with Crippen LogP contribution in [0.5, 0.6) is 11.5 Å². The van der Waals surface area contributed by atoms with Gasteiger partial charge in [0.25, 0.3) is 0 Å². The highest BCUT2D eigenvalue weighted by atomic mass is 16.5. The fourth-order valence-electron chi connectivity index (χ4n) is 3.07. The number of aldehydes is 1. The van der Waals surface area contributed by atoms with Crippen LogP contribution in [0, 0.1) is 0 Å². The smallest absolute Gasteiger partial charge is 0.179 e. The summed E-state index contributed by atoms with van der Waals surface area (Å²) in [6, 6.07) is 15.0. The van der Waals surface area contributed by atoms with Gasteiger partial charge in [0.05, 0.1) is 20.5 Å². The standard InChI is InChI=1S/C21H20O5/c1-24-16-7-3-14(4-8-16)20(15-5-9-17(25-2)10-6-15)21-18(23)11-12-26-19(21)13-22/h3-13,19-20,23H,1-2H3. The van der Waals surface area contributed by atoms with Gasteiger partial charge in [-0.05, 0) is 35.4 Å². The number of methoxy groups -OCH3 is 2. The number of hydrogen-bond acceptors (Lipinski definition) is 5. The molecule has 0 amide bonds. The van der Waals surface area contributed by atoms with Crippen molar-refractivity contribution in [2.24, 2.45) is 0 Å². The maximum absolute atomic E-state index is 11.5. The number of carbonyl (C=O) groups excluding carboxylic acids is 1. The van der Waals surface area contributed by atoms with Crippen molar-refractivity contribution in [2.45, 2.75) is 12.0 Å². The molecule has 0 saturated carbocycles. The van der Waals surface area contributed by atoms with E-state index >= 15 is 0 Å². The summed E-state index contributed by atoms with van der Waals surface area (Å²) in [6.07, 6.45) is 2.62. The minimum Gasteiger partial charge on any atom is -0.508 e. The third kappa shape index (κ3) is 3.42. The summed E-state index contributed by atoms with van der Waals surface area (Å²) in [6.45, 7) is 0. The Labute approximate surface area is 152 Å². The van der Waals surface area contributed by atoms with E-state index in [0.29, 0.717) is 11.9 Å². The van der Waals surface area contributed by atoms with Crippen LogP contribution < -0.4 is 9.47 Å². The minimum absolute atomic E-state index is 0.0324. The number of allylic oxidation sites excluding steroid dienone is 1. The van der Waals surface area contributed by atoms with Gasteiger partial charge in [-0.25, -0.2) is 0 Å². The molecular formula is C21H20O5. The third-order valence-corrected chi connectivity index (χ3v) is 4.39. The molecule has 1 unspecified atom stereocenters. The normalized spacial score (nSPS) is 16.3. The second-order valence-corrected chi connectivity index (χ2v) is 5.82. The molecule has 5 heteroatoms. The molecule has 5 nitrogen and oxygen atoms in total. The van der Waals surface area contributed by atoms with Crippen molar-refractivity contribution in [1.29, 1.82) is 0 Å². The van der Waals surface area contributed by atoms with Gasteiger partial charge in [-0.2, -0.15) is 0 Å². The van der Waals surface area contributed by atoms with E-state index in [1.54, 1.807) is 14.2 Å². The van der Waals surface area contributed by atoms with E-state index in [2.05, 4.69) is 0 Å². The average Bonchev–Trinajstić information content (AvgIpc) is 2.70. The molecule has 1 aliphatic rings. The van der Waals surface area contributed by atoms with Crippen molar-refractivity contribution in [3.63, 3.8) is 0 Å². The second kappa shape index (κ2) is 7.78. The molecule has 0 aromatic heterocycles. The summed E-state index contributed by atoms with van der Waals surface area (Å²) in [4.78, 5) is 11.5. The summed E-state index contributed by atoms with van der Waals surface area (Å²) in [5, 5.41) is 10.5. The van der Waals surface area contributed by atoms with E-state index in [1.165, 1.54) is 12.3 Å². The quantitative estimate of drug-likeness (QED) is 0.802. The van der Waals surface area contributed by atoms with Crippen molar-refractivity contribution < 1.29 is 24.1 Å². The van der Waals surface area contributed by atoms with Crippen LogP contribution in [0.2, 0.25) is 0 Å². The van der Waals surface area contributed by atoms with Crippen molar-refractivity contribution >= 4 is 6.29 Å². The highest BCUT2D eigenvalue weighted by Crippen LogP contribution is 2.38. The monoisotopic (exact) mass is 352 g/mol. The summed E-state index contributed by atoms with van der Waals surface area (Å²) in [5.74, 6) is 1.14. The van der Waals surface area contributed by atoms with Gasteiger partial charge < -0.3 is 19.3 Å². The molecule has 134 valence electrons. The first-order valence-electron chi connectivity index (χ1n) is 8.16. The second-order valence-electron chi connectivity index (χ2n) is 5.82. The molecule has 0 radical (unpaired) electrons. The van der Waals surface area contributed by atoms with Gasteiger partial charge in [-0.15, -0.1) is 0 Å². The van der Waals surface area contributed by atoms with Crippen LogP contribution in [0.25, 0.3) is 0 Å². The lowest BCUT2D eigenvalue weighted by molar-refractivity contribution is -0.114. The lowest BCUT2D eigenvalue weighted by atomic mass is 9.81. The van der Waals surface area contributed by atoms with Crippen LogP contribution in [-0.2, 0) is 9.53 Å². The molecule has 0 fully saturated rings. The van der Waals surface area contributed by atoms with E-state index in [9.17, 15) is 9.90 Å². The number of hydrogen-bond donors (Lipinski definition) is 1. The third-order valence-electron chi connectivity index (χ3n) is 4.39. The Morgan fingerprint density at radius 1 is 0.962 bits per heavy atom. The Bertz CT molecular complexity index is 771. The number of rotatable bonds is 6. The predicted molar refractivity (Wildman–Crippen MR) is 97.6 cm³/mol. The summed E-state index contributed by atoms with van der Waals surface area (Å²) >= 11 is 0. The minimum atomic E-state index is -0.853. The Kier molecular flexibility index (Phi) is 5.27. The molecule has 0 aliphatic carbocycles. The fourth-order valence-corrected chi connectivity index (χ4v) is 3.07. The molecule has 0 saturated heterocycles. The number of aliphatic hydroxyl groups excluding tert-OH is 1. The molecular weight excluding hydrogens is 332 g/mol. The van der Waals surface area contributed by atoms with Crippen LogP contribution in [0.4, 0.5) is 0 Å². The molecule has 0 bridgehead atoms. The largest absolute Gasteiger partial charge is 0.508 e. The molecule has 1 atom stereocenters. The van der Waals surface area contributed by atoms with Gasteiger partial charge >= 0.3 is 0 Å². The van der Waals surface area contributed by atoms with E-state index in [4.69, 9.17) is 14.2 Å². The molecule has 0 spiro atoms. The average molecular weight is 352 g/mol. The Hall–Kier alpha value is -3.21. The van der Waals surface area contributed by atoms with Crippen molar-refractivity contribution in [1.82, 2.24) is 0 Å². The molecule has 1 heterocycles. The summed E-state index contributed by atoms with van der Waals surface area (Å²) in [5.41, 5.74) is 2.31. The SMILES string of the molecule is COc1ccc(C(C2=C(O)C=COC2C=O)c2ccc(OC)cc2)cc1. The fraction of sp³-hybridized carbons (Fsp3) is 0.190. The van der Waals surface area contributed by atoms with Gasteiger partial charge in [0.15, 0.2) is 12.4 Å². The lowest BCUT2D eigenvalue weighted by Crippen LogP contribution is -2.25. The van der Waals surface area contributed by atoms with Gasteiger partial charge in [-0.3, -0.25) is 4.79 Å². The molecule has 26 heavy (non-hydrogen) atoms. The number of ether oxygens (including phenoxy) is 3. The number of aliphatic hydroxyl groups is 1. The summed E-state index contributed by atoms with van der Waals surface area (Å²) in [7, 11) is 3.21. The topological polar surface area (TPSA) is 65.0 Å². The molecule has 1 aliphatic heterocycles. The Morgan fingerprint density at radius 2 is 1.46 bits per heavy atom. The number of carbonyl (C=O) groups is 1. The van der Waals surface area contributed by atoms with Gasteiger partial charge in [0.1, 0.15) is 17.3 Å². The summed E-state index contributed by atoms with van der Waals surface area (Å²) < 4.78 is 15.9. The Morgan fingerprint density at radius 3 is 1.88 bits per heavy atom. The molecule has 3 rings (SSSR count). The maximum Gasteiger partial charge on any atom is 0.179 e. The van der Waals surface area contributed by atoms with Crippen LogP contribution in [0.15, 0.2) is 72.2 Å². The van der Waals surface area contributed by atoms with Gasteiger partial charge in [-0.1, -0.05) is 24.3 Å². The van der Waals surface area contributed by atoms with Crippen LogP contribution >= 0.6 is 0 Å². The molecule has 2 aromatic rings. The van der Waals surface area contributed by atoms with E-state index in [-0.39, 0.29) is 11.7 Å². The van der Waals surface area contributed by atoms with Crippen molar-refractivity contribution in [2.75, 3.05) is 14.2 Å². The lowest BCUT2D eigenvalue weighted by Gasteiger charge is -2.28. The zero-order valence-electron chi connectivity index (χ0n) is 14.6. The van der Waals surface area contributed by atoms with Crippen molar-refractivity contribution in [3.8, 4) is 11.5 Å². The van der Waals surface area contributed by atoms with E-state index < -0.39 is 6.10 Å². The van der Waals surface area contributed by atoms with E-state index in [0.717, 1.165) is 22.6 Å². The van der Waals surface area contributed by atoms with Crippen LogP contribution in [0.3, 0.4) is 0 Å². The van der Waals surface area contributed by atoms with Crippen LogP contribution in [0.1, 0.15) is 17.0 Å². The van der Waals surface area contributed by atoms with Gasteiger partial charge in [0.2, 0.25) is 0 Å². The predicted octanol–water partition coefficient (Wildman–Crippen LogP) is 3.76. The zero-order chi connectivity index (χ0) is 18.5.